The van der Waals surface area contributed by atoms with Gasteiger partial charge in [0.15, 0.2) is 9.84 Å². The molecule has 26 heavy (non-hydrogen) atoms. The average Bonchev–Trinajstić information content (AvgIpc) is 3.25. The molecule has 136 valence electrons. The van der Waals surface area contributed by atoms with Gasteiger partial charge in [-0.25, -0.2) is 8.42 Å². The Hall–Kier alpha value is -2.17. The second-order valence-corrected chi connectivity index (χ2v) is 9.10. The summed E-state index contributed by atoms with van der Waals surface area (Å²) in [5, 5.41) is 3.64. The lowest BCUT2D eigenvalue weighted by Gasteiger charge is -2.16. The van der Waals surface area contributed by atoms with Crippen LogP contribution < -0.4 is 5.32 Å². The highest BCUT2D eigenvalue weighted by molar-refractivity contribution is 8.26. The van der Waals surface area contributed by atoms with Gasteiger partial charge in [0.05, 0.1) is 23.0 Å². The lowest BCUT2D eigenvalue weighted by molar-refractivity contribution is -0.128. The second kappa shape index (κ2) is 7.60. The molecule has 2 amide bonds. The van der Waals surface area contributed by atoms with Gasteiger partial charge in [-0.2, -0.15) is 0 Å². The standard InChI is InChI=1S/C16H14N2O5S3/c19-14(17-11-6-8-26(21,22)10-11)9-18-15(20)13(25-16(18)24)5-1-3-12-4-2-7-23-12/h1-8,11H,9-10H2,(H,17,19). The first-order chi connectivity index (χ1) is 12.3. The van der Waals surface area contributed by atoms with Gasteiger partial charge in [0, 0.05) is 5.41 Å². The van der Waals surface area contributed by atoms with Crippen LogP contribution in [0.25, 0.3) is 6.08 Å². The first-order valence-corrected chi connectivity index (χ1v) is 10.4. The highest BCUT2D eigenvalue weighted by Gasteiger charge is 2.33. The van der Waals surface area contributed by atoms with E-state index in [1.54, 1.807) is 36.6 Å². The zero-order chi connectivity index (χ0) is 18.7. The molecule has 0 radical (unpaired) electrons. The minimum absolute atomic E-state index is 0.172. The number of thioether (sulfide) groups is 1. The Morgan fingerprint density at radius 2 is 2.31 bits per heavy atom. The number of allylic oxidation sites excluding steroid dienone is 2. The average molecular weight is 410 g/mol. The van der Waals surface area contributed by atoms with Crippen molar-refractivity contribution in [3.63, 3.8) is 0 Å². The maximum Gasteiger partial charge on any atom is 0.266 e. The number of hydrogen-bond donors (Lipinski definition) is 1. The summed E-state index contributed by atoms with van der Waals surface area (Å²) in [6.45, 7) is -0.256. The number of furan rings is 1. The Bertz CT molecular complexity index is 929. The number of nitrogens with zero attached hydrogens (tertiary/aromatic N) is 1. The summed E-state index contributed by atoms with van der Waals surface area (Å²) in [6.07, 6.45) is 7.93. The molecule has 2 aliphatic heterocycles. The fraction of sp³-hybridized carbons (Fsp3) is 0.188. The third-order valence-electron chi connectivity index (χ3n) is 3.50. The van der Waals surface area contributed by atoms with Crippen molar-refractivity contribution in [3.8, 4) is 0 Å². The summed E-state index contributed by atoms with van der Waals surface area (Å²) in [6, 6.07) is 2.94. The third-order valence-corrected chi connectivity index (χ3v) is 6.29. The molecule has 1 unspecified atom stereocenters. The Morgan fingerprint density at radius 1 is 1.50 bits per heavy atom. The molecular weight excluding hydrogens is 396 g/mol. The van der Waals surface area contributed by atoms with Crippen molar-refractivity contribution >= 4 is 56.0 Å². The molecule has 1 aromatic heterocycles. The molecule has 2 aliphatic rings. The van der Waals surface area contributed by atoms with Crippen LogP contribution >= 0.6 is 24.0 Å². The van der Waals surface area contributed by atoms with Crippen molar-refractivity contribution in [2.75, 3.05) is 12.3 Å². The fourth-order valence-electron chi connectivity index (χ4n) is 2.33. The summed E-state index contributed by atoms with van der Waals surface area (Å²) in [5.41, 5.74) is 0. The van der Waals surface area contributed by atoms with Crippen LogP contribution in [0, 0.1) is 0 Å². The van der Waals surface area contributed by atoms with E-state index in [1.807, 2.05) is 0 Å². The van der Waals surface area contributed by atoms with Crippen molar-refractivity contribution in [1.29, 1.82) is 0 Å². The molecule has 1 atom stereocenters. The SMILES string of the molecule is O=C(CN1C(=O)C(=CC=Cc2ccco2)SC1=S)NC1C=CS(=O)(=O)C1. The zero-order valence-corrected chi connectivity index (χ0v) is 15.8. The lowest BCUT2D eigenvalue weighted by atomic mass is 10.3. The van der Waals surface area contributed by atoms with Crippen molar-refractivity contribution < 1.29 is 22.4 Å². The van der Waals surface area contributed by atoms with Gasteiger partial charge in [-0.15, -0.1) is 0 Å². The van der Waals surface area contributed by atoms with Crippen LogP contribution in [0.15, 0.2) is 51.4 Å². The molecule has 0 spiro atoms. The van der Waals surface area contributed by atoms with Gasteiger partial charge >= 0.3 is 0 Å². The van der Waals surface area contributed by atoms with E-state index in [9.17, 15) is 18.0 Å². The lowest BCUT2D eigenvalue weighted by Crippen LogP contribution is -2.43. The van der Waals surface area contributed by atoms with E-state index in [0.717, 1.165) is 17.2 Å². The highest BCUT2D eigenvalue weighted by atomic mass is 32.2. The topological polar surface area (TPSA) is 96.7 Å². The van der Waals surface area contributed by atoms with Gasteiger partial charge < -0.3 is 9.73 Å². The number of carbonyl (C=O) groups is 2. The number of amides is 2. The quantitative estimate of drug-likeness (QED) is 0.580. The predicted octanol–water partition coefficient (Wildman–Crippen LogP) is 1.46. The second-order valence-electron chi connectivity index (χ2n) is 5.50. The summed E-state index contributed by atoms with van der Waals surface area (Å²) in [4.78, 5) is 26.1. The Labute approximate surface area is 159 Å². The Morgan fingerprint density at radius 3 is 2.96 bits per heavy atom. The van der Waals surface area contributed by atoms with Gasteiger partial charge in [0.25, 0.3) is 5.91 Å². The summed E-state index contributed by atoms with van der Waals surface area (Å²) in [7, 11) is -3.26. The molecule has 0 saturated carbocycles. The van der Waals surface area contributed by atoms with Crippen molar-refractivity contribution in [2.24, 2.45) is 0 Å². The third kappa shape index (κ3) is 4.51. The molecule has 3 heterocycles. The van der Waals surface area contributed by atoms with Crippen molar-refractivity contribution in [1.82, 2.24) is 10.2 Å². The van der Waals surface area contributed by atoms with Crippen LogP contribution in [0.3, 0.4) is 0 Å². The molecule has 7 nitrogen and oxygen atoms in total. The minimum Gasteiger partial charge on any atom is -0.465 e. The van der Waals surface area contributed by atoms with Crippen LogP contribution in [0.1, 0.15) is 5.76 Å². The maximum absolute atomic E-state index is 12.4. The summed E-state index contributed by atoms with van der Waals surface area (Å²) >= 11 is 6.26. The number of carbonyl (C=O) groups excluding carboxylic acids is 2. The zero-order valence-electron chi connectivity index (χ0n) is 13.3. The van der Waals surface area contributed by atoms with E-state index in [4.69, 9.17) is 16.6 Å². The van der Waals surface area contributed by atoms with Gasteiger partial charge in [-0.3, -0.25) is 14.5 Å². The van der Waals surface area contributed by atoms with E-state index < -0.39 is 21.8 Å². The number of rotatable bonds is 5. The van der Waals surface area contributed by atoms with Crippen LogP contribution in [-0.2, 0) is 19.4 Å². The highest BCUT2D eigenvalue weighted by Crippen LogP contribution is 2.30. The molecule has 0 aromatic carbocycles. The Kier molecular flexibility index (Phi) is 5.44. The largest absolute Gasteiger partial charge is 0.465 e. The monoisotopic (exact) mass is 410 g/mol. The summed E-state index contributed by atoms with van der Waals surface area (Å²) < 4.78 is 28.1. The number of hydrogen-bond acceptors (Lipinski definition) is 7. The first-order valence-electron chi connectivity index (χ1n) is 7.50. The molecule has 1 fully saturated rings. The van der Waals surface area contributed by atoms with Gasteiger partial charge in [-0.1, -0.05) is 30.1 Å². The van der Waals surface area contributed by atoms with E-state index in [-0.39, 0.29) is 22.5 Å². The van der Waals surface area contributed by atoms with Gasteiger partial charge in [-0.05, 0) is 30.4 Å². The van der Waals surface area contributed by atoms with E-state index >= 15 is 0 Å². The predicted molar refractivity (Wildman–Crippen MR) is 103 cm³/mol. The molecule has 1 N–H and O–H groups in total. The van der Waals surface area contributed by atoms with E-state index in [1.165, 1.54) is 11.0 Å². The molecule has 0 bridgehead atoms. The fourth-order valence-corrected chi connectivity index (χ4v) is 4.77. The summed E-state index contributed by atoms with van der Waals surface area (Å²) in [5.74, 6) is -0.362. The molecule has 10 heteroatoms. The number of sulfone groups is 1. The molecule has 1 aromatic rings. The van der Waals surface area contributed by atoms with Crippen LogP contribution in [0.2, 0.25) is 0 Å². The van der Waals surface area contributed by atoms with Gasteiger partial charge in [0.1, 0.15) is 16.6 Å². The Balaban J connectivity index is 1.58. The maximum atomic E-state index is 12.4. The smallest absolute Gasteiger partial charge is 0.266 e. The van der Waals surface area contributed by atoms with Crippen molar-refractivity contribution in [3.05, 3.63) is 52.7 Å². The van der Waals surface area contributed by atoms with Gasteiger partial charge in [0.2, 0.25) is 5.91 Å². The minimum atomic E-state index is -3.26. The number of nitrogens with one attached hydrogen (secondary N) is 1. The molecular formula is C16H14N2O5S3. The molecule has 1 saturated heterocycles. The van der Waals surface area contributed by atoms with Crippen LogP contribution in [0.4, 0.5) is 0 Å². The van der Waals surface area contributed by atoms with E-state index in [2.05, 4.69) is 5.32 Å². The van der Waals surface area contributed by atoms with E-state index in [0.29, 0.717) is 10.7 Å². The van der Waals surface area contributed by atoms with Crippen molar-refractivity contribution in [2.45, 2.75) is 6.04 Å². The van der Waals surface area contributed by atoms with Crippen LogP contribution in [-0.4, -0.2) is 47.8 Å². The first kappa shape index (κ1) is 18.6. The number of thiocarbonyl (C=S) groups is 1. The van der Waals surface area contributed by atoms with Crippen LogP contribution in [0.5, 0.6) is 0 Å². The molecule has 0 aliphatic carbocycles. The normalized spacial score (nSPS) is 23.5. The molecule has 3 rings (SSSR count).